The van der Waals surface area contributed by atoms with Crippen molar-refractivity contribution in [1.29, 1.82) is 0 Å². The van der Waals surface area contributed by atoms with Gasteiger partial charge < -0.3 is 14.2 Å². The lowest BCUT2D eigenvalue weighted by molar-refractivity contribution is -0.114. The van der Waals surface area contributed by atoms with Crippen molar-refractivity contribution in [3.63, 3.8) is 0 Å². The Kier molecular flexibility index (Phi) is 8.13. The van der Waals surface area contributed by atoms with Crippen LogP contribution in [-0.2, 0) is 14.8 Å². The highest BCUT2D eigenvalue weighted by Crippen LogP contribution is 2.34. The van der Waals surface area contributed by atoms with E-state index in [4.69, 9.17) is 14.2 Å². The molecule has 0 bridgehead atoms. The van der Waals surface area contributed by atoms with Crippen LogP contribution in [0.5, 0.6) is 17.2 Å². The third-order valence-electron chi connectivity index (χ3n) is 5.56. The van der Waals surface area contributed by atoms with Crippen LogP contribution in [0, 0.1) is 6.92 Å². The van der Waals surface area contributed by atoms with Crippen molar-refractivity contribution in [3.8, 4) is 27.8 Å². The fourth-order valence-electron chi connectivity index (χ4n) is 3.55. The molecule has 0 aliphatic carbocycles. The average molecular weight is 555 g/mol. The minimum atomic E-state index is -4.12. The number of sulfonamides is 1. The summed E-state index contributed by atoms with van der Waals surface area (Å²) in [6.45, 7) is 1.35. The molecule has 0 unspecified atom stereocenters. The molecule has 0 saturated heterocycles. The van der Waals surface area contributed by atoms with Gasteiger partial charge in [-0.1, -0.05) is 29.0 Å². The summed E-state index contributed by atoms with van der Waals surface area (Å²) < 4.78 is 44.1. The Hall–Kier alpha value is -4.16. The lowest BCUT2D eigenvalue weighted by Gasteiger charge is -2.24. The van der Waals surface area contributed by atoms with Gasteiger partial charge in [0.05, 0.1) is 31.9 Å². The number of nitrogens with one attached hydrogen (secondary N) is 1. The highest BCUT2D eigenvalue weighted by atomic mass is 32.2. The Morgan fingerprint density at radius 3 is 2.21 bits per heavy atom. The van der Waals surface area contributed by atoms with Gasteiger partial charge in [0, 0.05) is 11.6 Å². The molecule has 0 fully saturated rings. The van der Waals surface area contributed by atoms with E-state index in [1.54, 1.807) is 43.5 Å². The standard InChI is InChI=1S/C26H26N4O6S2/c1-17-5-12-21(13-6-17)38(32,33)30(19-9-14-22(35-3)23(15-19)36-4)16-24(31)27-26-29-28-25(37-26)18-7-10-20(34-2)11-8-18/h5-15H,16H2,1-4H3,(H,27,29,31). The Bertz CT molecular complexity index is 1520. The van der Waals surface area contributed by atoms with Gasteiger partial charge >= 0.3 is 0 Å². The third-order valence-corrected chi connectivity index (χ3v) is 8.24. The summed E-state index contributed by atoms with van der Waals surface area (Å²) in [4.78, 5) is 13.1. The molecule has 0 aliphatic heterocycles. The van der Waals surface area contributed by atoms with Crippen LogP contribution in [0.2, 0.25) is 0 Å². The van der Waals surface area contributed by atoms with E-state index in [0.717, 1.165) is 15.4 Å². The van der Waals surface area contributed by atoms with Crippen molar-refractivity contribution >= 4 is 38.1 Å². The first kappa shape index (κ1) is 26.9. The van der Waals surface area contributed by atoms with Gasteiger partial charge in [0.2, 0.25) is 11.0 Å². The van der Waals surface area contributed by atoms with Crippen LogP contribution in [0.15, 0.2) is 71.6 Å². The number of hydrogen-bond donors (Lipinski definition) is 1. The minimum absolute atomic E-state index is 0.0448. The number of hydrogen-bond acceptors (Lipinski definition) is 9. The normalized spacial score (nSPS) is 11.1. The molecule has 3 aromatic carbocycles. The fraction of sp³-hybridized carbons (Fsp3) is 0.192. The predicted molar refractivity (Wildman–Crippen MR) is 146 cm³/mol. The van der Waals surface area contributed by atoms with E-state index in [9.17, 15) is 13.2 Å². The van der Waals surface area contributed by atoms with E-state index in [1.807, 2.05) is 19.1 Å². The second kappa shape index (κ2) is 11.5. The topological polar surface area (TPSA) is 120 Å². The second-order valence-electron chi connectivity index (χ2n) is 8.05. The number of benzene rings is 3. The summed E-state index contributed by atoms with van der Waals surface area (Å²) >= 11 is 1.17. The van der Waals surface area contributed by atoms with Crippen LogP contribution in [-0.4, -0.2) is 52.4 Å². The summed E-state index contributed by atoms with van der Waals surface area (Å²) in [5.41, 5.74) is 1.94. The van der Waals surface area contributed by atoms with Gasteiger partial charge in [0.15, 0.2) is 11.5 Å². The largest absolute Gasteiger partial charge is 0.497 e. The van der Waals surface area contributed by atoms with E-state index >= 15 is 0 Å². The first-order chi connectivity index (χ1) is 18.2. The Morgan fingerprint density at radius 2 is 1.58 bits per heavy atom. The number of methoxy groups -OCH3 is 3. The number of rotatable bonds is 10. The molecule has 0 spiro atoms. The number of amides is 1. The quantitative estimate of drug-likeness (QED) is 0.307. The van der Waals surface area contributed by atoms with Crippen molar-refractivity contribution in [2.24, 2.45) is 0 Å². The van der Waals surface area contributed by atoms with E-state index in [0.29, 0.717) is 22.3 Å². The van der Waals surface area contributed by atoms with Crippen LogP contribution in [0.3, 0.4) is 0 Å². The van der Waals surface area contributed by atoms with Crippen LogP contribution < -0.4 is 23.8 Å². The van der Waals surface area contributed by atoms with E-state index in [-0.39, 0.29) is 15.7 Å². The molecule has 198 valence electrons. The summed E-state index contributed by atoms with van der Waals surface area (Å²) in [5.74, 6) is 0.862. The van der Waals surface area contributed by atoms with Gasteiger partial charge in [-0.05, 0) is 55.5 Å². The van der Waals surface area contributed by atoms with Crippen molar-refractivity contribution in [2.45, 2.75) is 11.8 Å². The number of ether oxygens (including phenoxy) is 3. The number of carbonyl (C=O) groups excluding carboxylic acids is 1. The zero-order valence-electron chi connectivity index (χ0n) is 21.2. The van der Waals surface area contributed by atoms with Gasteiger partial charge in [0.1, 0.15) is 17.3 Å². The first-order valence-electron chi connectivity index (χ1n) is 11.3. The molecule has 0 atom stereocenters. The maximum absolute atomic E-state index is 13.7. The van der Waals surface area contributed by atoms with E-state index in [1.165, 1.54) is 43.8 Å². The second-order valence-corrected chi connectivity index (χ2v) is 10.9. The fourth-order valence-corrected chi connectivity index (χ4v) is 5.72. The van der Waals surface area contributed by atoms with Crippen molar-refractivity contribution in [2.75, 3.05) is 37.5 Å². The molecule has 12 heteroatoms. The molecule has 38 heavy (non-hydrogen) atoms. The SMILES string of the molecule is COc1ccc(-c2nnc(NC(=O)CN(c3ccc(OC)c(OC)c3)S(=O)(=O)c3ccc(C)cc3)s2)cc1. The smallest absolute Gasteiger partial charge is 0.264 e. The van der Waals surface area contributed by atoms with Crippen molar-refractivity contribution in [1.82, 2.24) is 10.2 Å². The third kappa shape index (κ3) is 5.87. The first-order valence-corrected chi connectivity index (χ1v) is 13.6. The number of aromatic nitrogens is 2. The Balaban J connectivity index is 1.62. The molecule has 0 aliphatic rings. The lowest BCUT2D eigenvalue weighted by atomic mass is 10.2. The van der Waals surface area contributed by atoms with Crippen molar-refractivity contribution < 1.29 is 27.4 Å². The van der Waals surface area contributed by atoms with E-state index < -0.39 is 22.5 Å². The monoisotopic (exact) mass is 554 g/mol. The molecular formula is C26H26N4O6S2. The minimum Gasteiger partial charge on any atom is -0.497 e. The lowest BCUT2D eigenvalue weighted by Crippen LogP contribution is -2.38. The molecule has 10 nitrogen and oxygen atoms in total. The van der Waals surface area contributed by atoms with Crippen LogP contribution >= 0.6 is 11.3 Å². The molecule has 4 aromatic rings. The molecule has 1 N–H and O–H groups in total. The molecule has 1 amide bonds. The van der Waals surface area contributed by atoms with Gasteiger partial charge in [-0.2, -0.15) is 0 Å². The van der Waals surface area contributed by atoms with Gasteiger partial charge in [-0.25, -0.2) is 8.42 Å². The molecule has 1 aromatic heterocycles. The average Bonchev–Trinajstić information content (AvgIpc) is 3.39. The van der Waals surface area contributed by atoms with Crippen LogP contribution in [0.1, 0.15) is 5.56 Å². The molecule has 0 radical (unpaired) electrons. The zero-order chi connectivity index (χ0) is 27.3. The highest BCUT2D eigenvalue weighted by molar-refractivity contribution is 7.92. The number of anilines is 2. The van der Waals surface area contributed by atoms with Gasteiger partial charge in [0.25, 0.3) is 10.0 Å². The number of nitrogens with zero attached hydrogens (tertiary/aromatic N) is 3. The van der Waals surface area contributed by atoms with Gasteiger partial charge in [-0.15, -0.1) is 10.2 Å². The molecule has 4 rings (SSSR count). The number of carbonyl (C=O) groups is 1. The summed E-state index contributed by atoms with van der Waals surface area (Å²) in [6, 6.07) is 18.3. The summed E-state index contributed by atoms with van der Waals surface area (Å²) in [6.07, 6.45) is 0. The summed E-state index contributed by atoms with van der Waals surface area (Å²) in [7, 11) is 0.393. The zero-order valence-corrected chi connectivity index (χ0v) is 22.8. The Labute approximate surface area is 224 Å². The molecular weight excluding hydrogens is 528 g/mol. The van der Waals surface area contributed by atoms with Crippen LogP contribution in [0.25, 0.3) is 10.6 Å². The highest BCUT2D eigenvalue weighted by Gasteiger charge is 2.28. The van der Waals surface area contributed by atoms with Crippen molar-refractivity contribution in [3.05, 3.63) is 72.3 Å². The van der Waals surface area contributed by atoms with Crippen LogP contribution in [0.4, 0.5) is 10.8 Å². The maximum atomic E-state index is 13.7. The maximum Gasteiger partial charge on any atom is 0.264 e. The molecule has 1 heterocycles. The Morgan fingerprint density at radius 1 is 0.895 bits per heavy atom. The van der Waals surface area contributed by atoms with Gasteiger partial charge in [-0.3, -0.25) is 14.4 Å². The summed E-state index contributed by atoms with van der Waals surface area (Å²) in [5, 5.41) is 11.7. The molecule has 0 saturated carbocycles. The predicted octanol–water partition coefficient (Wildman–Crippen LogP) is 4.37. The number of aryl methyl sites for hydroxylation is 1. The van der Waals surface area contributed by atoms with E-state index in [2.05, 4.69) is 15.5 Å².